The number of carbonyl (C=O) groups excluding carboxylic acids is 1. The third kappa shape index (κ3) is 5.07. The van der Waals surface area contributed by atoms with Crippen molar-refractivity contribution in [2.24, 2.45) is 5.92 Å². The van der Waals surface area contributed by atoms with Crippen LogP contribution in [0.1, 0.15) is 58.8 Å². The van der Waals surface area contributed by atoms with Crippen molar-refractivity contribution >= 4 is 5.91 Å². The fourth-order valence-corrected chi connectivity index (χ4v) is 2.66. The zero-order chi connectivity index (χ0) is 12.7. The summed E-state index contributed by atoms with van der Waals surface area (Å²) in [6.45, 7) is 5.63. The van der Waals surface area contributed by atoms with E-state index in [-0.39, 0.29) is 12.0 Å². The molecule has 1 aliphatic heterocycles. The first-order valence-electron chi connectivity index (χ1n) is 7.13. The van der Waals surface area contributed by atoms with Crippen molar-refractivity contribution in [3.8, 4) is 0 Å². The summed E-state index contributed by atoms with van der Waals surface area (Å²) in [6, 6.07) is 0. The molecule has 1 N–H and O–H groups in total. The number of carbonyl (C=O) groups is 1. The van der Waals surface area contributed by atoms with Gasteiger partial charge in [-0.25, -0.2) is 0 Å². The third-order valence-corrected chi connectivity index (χ3v) is 3.68. The predicted octanol–water partition coefficient (Wildman–Crippen LogP) is 2.58. The molecule has 3 nitrogen and oxygen atoms in total. The first-order valence-corrected chi connectivity index (χ1v) is 7.13. The van der Waals surface area contributed by atoms with Crippen LogP contribution in [-0.2, 0) is 4.79 Å². The molecular weight excluding hydrogens is 214 g/mol. The molecule has 1 saturated heterocycles. The minimum Gasteiger partial charge on any atom is -0.391 e. The molecule has 0 aromatic carbocycles. The van der Waals surface area contributed by atoms with Crippen LogP contribution in [0.2, 0.25) is 0 Å². The standard InChI is InChI=1S/C14H27NO2/c1-3-5-12-7-8-14(17)15(10-9-12)11-13(16)6-4-2/h12-13,16H,3-11H2,1-2H3. The molecule has 1 amide bonds. The fourth-order valence-electron chi connectivity index (χ4n) is 2.66. The highest BCUT2D eigenvalue weighted by Crippen LogP contribution is 2.22. The largest absolute Gasteiger partial charge is 0.391 e. The van der Waals surface area contributed by atoms with Crippen LogP contribution in [-0.4, -0.2) is 35.1 Å². The molecule has 0 radical (unpaired) electrons. The Bertz CT molecular complexity index is 230. The van der Waals surface area contributed by atoms with E-state index in [9.17, 15) is 9.90 Å². The van der Waals surface area contributed by atoms with Crippen LogP contribution in [0.25, 0.3) is 0 Å². The van der Waals surface area contributed by atoms with E-state index in [1.165, 1.54) is 12.8 Å². The average Bonchev–Trinajstić information content (AvgIpc) is 2.45. The molecule has 0 aromatic heterocycles. The number of β-amino-alcohol motifs (C(OH)–C–C–N with tert-alkyl or cyclic N) is 1. The summed E-state index contributed by atoms with van der Waals surface area (Å²) in [6.07, 6.45) is 6.68. The molecule has 0 aromatic rings. The van der Waals surface area contributed by atoms with Crippen LogP contribution in [0.4, 0.5) is 0 Å². The Morgan fingerprint density at radius 1 is 1.35 bits per heavy atom. The smallest absolute Gasteiger partial charge is 0.222 e. The minimum atomic E-state index is -0.341. The van der Waals surface area contributed by atoms with Gasteiger partial charge in [0.2, 0.25) is 5.91 Å². The van der Waals surface area contributed by atoms with Crippen molar-refractivity contribution in [2.75, 3.05) is 13.1 Å². The van der Waals surface area contributed by atoms with E-state index in [0.717, 1.165) is 32.2 Å². The van der Waals surface area contributed by atoms with Gasteiger partial charge < -0.3 is 10.0 Å². The predicted molar refractivity (Wildman–Crippen MR) is 69.7 cm³/mol. The highest BCUT2D eigenvalue weighted by molar-refractivity contribution is 5.76. The van der Waals surface area contributed by atoms with Gasteiger partial charge in [0, 0.05) is 19.5 Å². The summed E-state index contributed by atoms with van der Waals surface area (Å²) in [5, 5.41) is 9.79. The summed E-state index contributed by atoms with van der Waals surface area (Å²) in [5.41, 5.74) is 0. The van der Waals surface area contributed by atoms with Crippen molar-refractivity contribution in [3.63, 3.8) is 0 Å². The molecular formula is C14H27NO2. The summed E-state index contributed by atoms with van der Waals surface area (Å²) in [5.74, 6) is 0.941. The van der Waals surface area contributed by atoms with Crippen LogP contribution < -0.4 is 0 Å². The van der Waals surface area contributed by atoms with Crippen molar-refractivity contribution < 1.29 is 9.90 Å². The van der Waals surface area contributed by atoms with E-state index in [1.54, 1.807) is 0 Å². The maximum Gasteiger partial charge on any atom is 0.222 e. The Hall–Kier alpha value is -0.570. The molecule has 0 bridgehead atoms. The van der Waals surface area contributed by atoms with E-state index in [2.05, 4.69) is 13.8 Å². The Morgan fingerprint density at radius 2 is 2.12 bits per heavy atom. The quantitative estimate of drug-likeness (QED) is 0.776. The van der Waals surface area contributed by atoms with Crippen molar-refractivity contribution in [1.82, 2.24) is 4.90 Å². The molecule has 0 saturated carbocycles. The number of hydrogen-bond donors (Lipinski definition) is 1. The SMILES string of the molecule is CCCC(O)CN1CCC(CCC)CCC1=O. The number of aliphatic hydroxyl groups is 1. The van der Waals surface area contributed by atoms with Gasteiger partial charge in [0.15, 0.2) is 0 Å². The summed E-state index contributed by atoms with van der Waals surface area (Å²) in [7, 11) is 0. The molecule has 1 heterocycles. The molecule has 100 valence electrons. The van der Waals surface area contributed by atoms with Gasteiger partial charge in [0.1, 0.15) is 0 Å². The lowest BCUT2D eigenvalue weighted by atomic mass is 9.96. The second-order valence-corrected chi connectivity index (χ2v) is 5.26. The van der Waals surface area contributed by atoms with Crippen molar-refractivity contribution in [3.05, 3.63) is 0 Å². The van der Waals surface area contributed by atoms with Crippen LogP contribution in [0.3, 0.4) is 0 Å². The van der Waals surface area contributed by atoms with Gasteiger partial charge in [-0.2, -0.15) is 0 Å². The van der Waals surface area contributed by atoms with Gasteiger partial charge in [0.05, 0.1) is 6.10 Å². The van der Waals surface area contributed by atoms with Gasteiger partial charge in [-0.15, -0.1) is 0 Å². The topological polar surface area (TPSA) is 40.5 Å². The van der Waals surface area contributed by atoms with Crippen molar-refractivity contribution in [1.29, 1.82) is 0 Å². The molecule has 2 unspecified atom stereocenters. The summed E-state index contributed by atoms with van der Waals surface area (Å²) in [4.78, 5) is 13.8. The average molecular weight is 241 g/mol. The first kappa shape index (κ1) is 14.5. The number of nitrogens with zero attached hydrogens (tertiary/aromatic N) is 1. The number of hydrogen-bond acceptors (Lipinski definition) is 2. The minimum absolute atomic E-state index is 0.235. The number of likely N-dealkylation sites (tertiary alicyclic amines) is 1. The van der Waals surface area contributed by atoms with Crippen LogP contribution in [0, 0.1) is 5.92 Å². The second-order valence-electron chi connectivity index (χ2n) is 5.26. The number of amides is 1. The lowest BCUT2D eigenvalue weighted by molar-refractivity contribution is -0.132. The zero-order valence-electron chi connectivity index (χ0n) is 11.3. The monoisotopic (exact) mass is 241 g/mol. The summed E-state index contributed by atoms with van der Waals surface area (Å²) >= 11 is 0. The Kier molecular flexibility index (Phi) is 6.56. The van der Waals surface area contributed by atoms with Gasteiger partial charge in [-0.05, 0) is 25.2 Å². The summed E-state index contributed by atoms with van der Waals surface area (Å²) < 4.78 is 0. The molecule has 0 spiro atoms. The molecule has 1 rings (SSSR count). The highest BCUT2D eigenvalue weighted by Gasteiger charge is 2.23. The van der Waals surface area contributed by atoms with Gasteiger partial charge in [-0.3, -0.25) is 4.79 Å². The third-order valence-electron chi connectivity index (χ3n) is 3.68. The maximum absolute atomic E-state index is 11.9. The van der Waals surface area contributed by atoms with Gasteiger partial charge >= 0.3 is 0 Å². The van der Waals surface area contributed by atoms with E-state index in [4.69, 9.17) is 0 Å². The normalized spacial score (nSPS) is 23.6. The van der Waals surface area contributed by atoms with Crippen LogP contribution >= 0.6 is 0 Å². The Morgan fingerprint density at radius 3 is 2.76 bits per heavy atom. The molecule has 2 atom stereocenters. The highest BCUT2D eigenvalue weighted by atomic mass is 16.3. The first-order chi connectivity index (χ1) is 8.17. The lowest BCUT2D eigenvalue weighted by Crippen LogP contribution is -2.37. The van der Waals surface area contributed by atoms with E-state index in [1.807, 2.05) is 4.90 Å². The van der Waals surface area contributed by atoms with Crippen LogP contribution in [0.5, 0.6) is 0 Å². The zero-order valence-corrected chi connectivity index (χ0v) is 11.3. The lowest BCUT2D eigenvalue weighted by Gasteiger charge is -2.23. The maximum atomic E-state index is 11.9. The molecule has 0 aliphatic carbocycles. The molecule has 1 fully saturated rings. The van der Waals surface area contributed by atoms with Gasteiger partial charge in [-0.1, -0.05) is 33.1 Å². The second kappa shape index (κ2) is 7.70. The number of rotatable bonds is 6. The fraction of sp³-hybridized carbons (Fsp3) is 0.929. The van der Waals surface area contributed by atoms with E-state index in [0.29, 0.717) is 18.9 Å². The van der Waals surface area contributed by atoms with Crippen LogP contribution in [0.15, 0.2) is 0 Å². The molecule has 17 heavy (non-hydrogen) atoms. The number of aliphatic hydroxyl groups excluding tert-OH is 1. The van der Waals surface area contributed by atoms with Crippen molar-refractivity contribution in [2.45, 2.75) is 64.9 Å². The Labute approximate surface area is 105 Å². The Balaban J connectivity index is 2.41. The van der Waals surface area contributed by atoms with E-state index >= 15 is 0 Å². The molecule has 3 heteroatoms. The van der Waals surface area contributed by atoms with Gasteiger partial charge in [0.25, 0.3) is 0 Å². The molecule has 1 aliphatic rings. The van der Waals surface area contributed by atoms with E-state index < -0.39 is 0 Å².